The summed E-state index contributed by atoms with van der Waals surface area (Å²) in [4.78, 5) is 22.3. The molecule has 0 spiro atoms. The van der Waals surface area contributed by atoms with Crippen LogP contribution in [0.1, 0.15) is 43.1 Å². The highest BCUT2D eigenvalue weighted by atomic mass is 16.5. The van der Waals surface area contributed by atoms with Crippen LogP contribution in [0.4, 0.5) is 5.82 Å². The lowest BCUT2D eigenvalue weighted by Gasteiger charge is -2.35. The third-order valence-corrected chi connectivity index (χ3v) is 6.06. The Morgan fingerprint density at radius 1 is 1.25 bits per heavy atom. The van der Waals surface area contributed by atoms with Crippen molar-refractivity contribution in [3.8, 4) is 22.6 Å². The molecule has 10 nitrogen and oxygen atoms in total. The Balaban J connectivity index is 1.55. The fraction of sp³-hybridized carbons (Fsp3) is 0.409. The molecular formula is C22H26N8O2. The molecular weight excluding hydrogens is 408 g/mol. The summed E-state index contributed by atoms with van der Waals surface area (Å²) in [6.45, 7) is 4.14. The zero-order valence-electron chi connectivity index (χ0n) is 18.5. The number of amides is 1. The van der Waals surface area contributed by atoms with Crippen LogP contribution in [0.25, 0.3) is 28.3 Å². The Morgan fingerprint density at radius 3 is 2.78 bits per heavy atom. The van der Waals surface area contributed by atoms with Crippen molar-refractivity contribution < 1.29 is 9.53 Å². The molecule has 1 aliphatic carbocycles. The van der Waals surface area contributed by atoms with Crippen LogP contribution >= 0.6 is 0 Å². The fourth-order valence-electron chi connectivity index (χ4n) is 4.02. The van der Waals surface area contributed by atoms with E-state index in [1.165, 1.54) is 0 Å². The summed E-state index contributed by atoms with van der Waals surface area (Å²) < 4.78 is 8.91. The number of carbonyl (C=O) groups excluding carboxylic acids is 1. The molecule has 0 bridgehead atoms. The number of fused-ring (bicyclic) bond motifs is 2. The minimum absolute atomic E-state index is 0.0105. The SMILES string of the molecule is CNc1cc(-c2cnc3nn(C(C)C)ccc2-3)nc2c(C(=O)NC3CC[C@H]3OC)cnn12. The Kier molecular flexibility index (Phi) is 5.01. The van der Waals surface area contributed by atoms with Crippen molar-refractivity contribution in [3.05, 3.63) is 36.3 Å². The molecule has 1 saturated carbocycles. The molecule has 5 rings (SSSR count). The van der Waals surface area contributed by atoms with Crippen molar-refractivity contribution in [3.63, 3.8) is 0 Å². The van der Waals surface area contributed by atoms with Crippen LogP contribution in [0.3, 0.4) is 0 Å². The number of aromatic nitrogens is 6. The molecule has 2 N–H and O–H groups in total. The lowest BCUT2D eigenvalue weighted by Crippen LogP contribution is -2.51. The number of rotatable bonds is 6. The molecule has 3 aliphatic rings. The van der Waals surface area contributed by atoms with Crippen LogP contribution < -0.4 is 10.6 Å². The summed E-state index contributed by atoms with van der Waals surface area (Å²) >= 11 is 0. The minimum atomic E-state index is -0.205. The van der Waals surface area contributed by atoms with Crippen LogP contribution in [0.5, 0.6) is 0 Å². The summed E-state index contributed by atoms with van der Waals surface area (Å²) in [6, 6.07) is 4.15. The Hall–Kier alpha value is -3.53. The summed E-state index contributed by atoms with van der Waals surface area (Å²) in [5.74, 6) is 1.17. The highest BCUT2D eigenvalue weighted by molar-refractivity contribution is 6.00. The molecule has 1 fully saturated rings. The van der Waals surface area contributed by atoms with E-state index in [4.69, 9.17) is 9.72 Å². The van der Waals surface area contributed by atoms with Crippen LogP contribution in [-0.2, 0) is 4.74 Å². The van der Waals surface area contributed by atoms with Gasteiger partial charge in [0.15, 0.2) is 11.5 Å². The zero-order chi connectivity index (χ0) is 22.4. The van der Waals surface area contributed by atoms with Crippen LogP contribution in [-0.4, -0.2) is 61.6 Å². The zero-order valence-corrected chi connectivity index (χ0v) is 18.5. The predicted molar refractivity (Wildman–Crippen MR) is 120 cm³/mol. The van der Waals surface area contributed by atoms with E-state index in [0.717, 1.165) is 29.8 Å². The third-order valence-electron chi connectivity index (χ3n) is 6.06. The largest absolute Gasteiger partial charge is 0.379 e. The molecule has 0 aromatic carbocycles. The maximum absolute atomic E-state index is 13.0. The van der Waals surface area contributed by atoms with Crippen LogP contribution in [0.15, 0.2) is 30.7 Å². The second kappa shape index (κ2) is 7.86. The van der Waals surface area contributed by atoms with Gasteiger partial charge in [0.1, 0.15) is 11.4 Å². The van der Waals surface area contributed by atoms with E-state index in [2.05, 4.69) is 39.7 Å². The Morgan fingerprint density at radius 2 is 2.09 bits per heavy atom. The normalized spacial score (nSPS) is 18.3. The molecule has 32 heavy (non-hydrogen) atoms. The van der Waals surface area contributed by atoms with Gasteiger partial charge in [-0.1, -0.05) is 0 Å². The summed E-state index contributed by atoms with van der Waals surface area (Å²) in [5, 5.41) is 15.2. The highest BCUT2D eigenvalue weighted by Gasteiger charge is 2.33. The minimum Gasteiger partial charge on any atom is -0.379 e. The van der Waals surface area contributed by atoms with Gasteiger partial charge < -0.3 is 15.4 Å². The Bertz CT molecular complexity index is 1260. The number of nitrogens with one attached hydrogen (secondary N) is 2. The van der Waals surface area contributed by atoms with Gasteiger partial charge in [0, 0.05) is 49.8 Å². The van der Waals surface area contributed by atoms with Crippen molar-refractivity contribution in [2.24, 2.45) is 0 Å². The standard InChI is InChI=1S/C22H26N8O2/c1-12(2)29-8-7-13-14(10-24-20(13)28-29)17-9-19(23-3)30-21(26-17)15(11-25-30)22(31)27-16-5-6-18(16)32-4/h7-12,16,18,23H,5-6H2,1-4H3,(H,27,31)/t16?,18-/m1/s1. The van der Waals surface area contributed by atoms with E-state index >= 15 is 0 Å². The molecule has 2 atom stereocenters. The van der Waals surface area contributed by atoms with E-state index in [0.29, 0.717) is 22.7 Å². The highest BCUT2D eigenvalue weighted by Crippen LogP contribution is 2.33. The number of carbonyl (C=O) groups is 1. The molecule has 166 valence electrons. The Labute approximate surface area is 185 Å². The number of hydrogen-bond acceptors (Lipinski definition) is 7. The number of methoxy groups -OCH3 is 1. The first kappa shape index (κ1) is 20.4. The molecule has 2 aromatic heterocycles. The lowest BCUT2D eigenvalue weighted by atomic mass is 9.89. The summed E-state index contributed by atoms with van der Waals surface area (Å²) in [6.07, 6.45) is 7.17. The van der Waals surface area contributed by atoms with Gasteiger partial charge >= 0.3 is 0 Å². The van der Waals surface area contributed by atoms with Crippen LogP contribution in [0, 0.1) is 0 Å². The molecule has 2 aliphatic heterocycles. The number of nitrogens with zero attached hydrogens (tertiary/aromatic N) is 6. The second-order valence-corrected chi connectivity index (χ2v) is 8.30. The first-order chi connectivity index (χ1) is 15.5. The maximum Gasteiger partial charge on any atom is 0.257 e. The average Bonchev–Trinajstić information content (AvgIpc) is 3.40. The van der Waals surface area contributed by atoms with Crippen molar-refractivity contribution in [1.82, 2.24) is 34.7 Å². The lowest BCUT2D eigenvalue weighted by molar-refractivity contribution is 0.00732. The average molecular weight is 435 g/mol. The van der Waals surface area contributed by atoms with Gasteiger partial charge in [-0.2, -0.15) is 14.7 Å². The summed E-state index contributed by atoms with van der Waals surface area (Å²) in [7, 11) is 3.48. The van der Waals surface area contributed by atoms with E-state index in [1.54, 1.807) is 24.0 Å². The number of ether oxygens (including phenoxy) is 1. The van der Waals surface area contributed by atoms with E-state index < -0.39 is 0 Å². The van der Waals surface area contributed by atoms with Crippen molar-refractivity contribution in [2.75, 3.05) is 19.5 Å². The monoisotopic (exact) mass is 434 g/mol. The quantitative estimate of drug-likeness (QED) is 0.480. The van der Waals surface area contributed by atoms with E-state index in [-0.39, 0.29) is 24.1 Å². The first-order valence-corrected chi connectivity index (χ1v) is 10.7. The smallest absolute Gasteiger partial charge is 0.257 e. The second-order valence-electron chi connectivity index (χ2n) is 8.30. The first-order valence-electron chi connectivity index (χ1n) is 10.7. The molecule has 4 heterocycles. The molecule has 1 unspecified atom stereocenters. The molecule has 0 radical (unpaired) electrons. The predicted octanol–water partition coefficient (Wildman–Crippen LogP) is 2.62. The molecule has 10 heteroatoms. The maximum atomic E-state index is 13.0. The van der Waals surface area contributed by atoms with Crippen molar-refractivity contribution in [2.45, 2.75) is 44.9 Å². The fourth-order valence-corrected chi connectivity index (χ4v) is 4.02. The number of anilines is 1. The van der Waals surface area contributed by atoms with Gasteiger partial charge in [-0.25, -0.2) is 9.97 Å². The van der Waals surface area contributed by atoms with Gasteiger partial charge in [0.2, 0.25) is 0 Å². The molecule has 1 amide bonds. The van der Waals surface area contributed by atoms with E-state index in [9.17, 15) is 4.79 Å². The molecule has 2 aromatic rings. The van der Waals surface area contributed by atoms with Crippen molar-refractivity contribution >= 4 is 17.4 Å². The van der Waals surface area contributed by atoms with Gasteiger partial charge in [-0.05, 0) is 32.8 Å². The van der Waals surface area contributed by atoms with Gasteiger partial charge in [0.25, 0.3) is 5.91 Å². The topological polar surface area (TPSA) is 111 Å². The van der Waals surface area contributed by atoms with Gasteiger partial charge in [-0.15, -0.1) is 0 Å². The summed E-state index contributed by atoms with van der Waals surface area (Å²) in [5.41, 5.74) is 3.36. The van der Waals surface area contributed by atoms with E-state index in [1.807, 2.05) is 30.1 Å². The number of hydrogen-bond donors (Lipinski definition) is 2. The van der Waals surface area contributed by atoms with Crippen LogP contribution in [0.2, 0.25) is 0 Å². The van der Waals surface area contributed by atoms with Gasteiger partial charge in [0.05, 0.1) is 24.0 Å². The van der Waals surface area contributed by atoms with Gasteiger partial charge in [-0.3, -0.25) is 9.48 Å². The third kappa shape index (κ3) is 3.27. The van der Waals surface area contributed by atoms with Crippen molar-refractivity contribution in [1.29, 1.82) is 0 Å². The molecule has 0 saturated heterocycles.